The van der Waals surface area contributed by atoms with Crippen LogP contribution in [0.1, 0.15) is 52.7 Å². The molecule has 0 aliphatic rings. The normalized spacial score (nSPS) is 12.0. The molecule has 0 bridgehead atoms. The lowest BCUT2D eigenvalue weighted by molar-refractivity contribution is 0.446. The second-order valence-corrected chi connectivity index (χ2v) is 14.4. The maximum atomic E-state index is 11.9. The first-order chi connectivity index (χ1) is 23.0. The largest absolute Gasteiger partial charge is 0.507 e. The topological polar surface area (TPSA) is 63.8 Å². The van der Waals surface area contributed by atoms with Crippen LogP contribution in [-0.2, 0) is 10.8 Å². The fourth-order valence-electron chi connectivity index (χ4n) is 6.24. The highest BCUT2D eigenvalue weighted by Gasteiger charge is 2.28. The van der Waals surface area contributed by atoms with E-state index in [0.717, 1.165) is 61.5 Å². The van der Waals surface area contributed by atoms with Crippen molar-refractivity contribution in [3.8, 4) is 56.5 Å². The zero-order valence-corrected chi connectivity index (χ0v) is 28.4. The Hall–Kier alpha value is -5.55. The Morgan fingerprint density at radius 2 is 1.29 bits per heavy atom. The van der Waals surface area contributed by atoms with Gasteiger partial charge in [0.05, 0.1) is 22.5 Å². The Kier molecular flexibility index (Phi) is 7.71. The van der Waals surface area contributed by atoms with Crippen molar-refractivity contribution in [2.24, 2.45) is 0 Å². The van der Waals surface area contributed by atoms with Gasteiger partial charge in [0.15, 0.2) is 0 Å². The summed E-state index contributed by atoms with van der Waals surface area (Å²) < 4.78 is 2.14. The Balaban J connectivity index is 1.42. The van der Waals surface area contributed by atoms with Crippen LogP contribution < -0.4 is 0 Å². The number of aromatic nitrogens is 4. The molecule has 0 unspecified atom stereocenters. The van der Waals surface area contributed by atoms with Gasteiger partial charge in [-0.2, -0.15) is 0 Å². The van der Waals surface area contributed by atoms with E-state index in [1.54, 1.807) is 0 Å². The fourth-order valence-corrected chi connectivity index (χ4v) is 6.24. The van der Waals surface area contributed by atoms with E-state index >= 15 is 0 Å². The zero-order chi connectivity index (χ0) is 33.6. The van der Waals surface area contributed by atoms with Gasteiger partial charge < -0.3 is 5.11 Å². The molecule has 7 aromatic rings. The van der Waals surface area contributed by atoms with Crippen LogP contribution in [0.5, 0.6) is 5.75 Å². The number of para-hydroxylation sites is 1. The molecule has 48 heavy (non-hydrogen) atoms. The molecule has 0 aliphatic carbocycles. The minimum Gasteiger partial charge on any atom is -0.507 e. The Morgan fingerprint density at radius 1 is 0.604 bits per heavy atom. The molecule has 0 saturated heterocycles. The van der Waals surface area contributed by atoms with Crippen LogP contribution in [0.2, 0.25) is 0 Å². The van der Waals surface area contributed by atoms with Crippen molar-refractivity contribution in [1.82, 2.24) is 19.5 Å². The number of phenolic OH excluding ortho intramolecular Hbond substituents is 1. The number of pyridine rings is 2. The molecule has 5 nitrogen and oxygen atoms in total. The summed E-state index contributed by atoms with van der Waals surface area (Å²) in [5.41, 5.74) is 10.8. The van der Waals surface area contributed by atoms with E-state index in [-0.39, 0.29) is 16.6 Å². The number of imidazole rings is 1. The number of fused-ring (bicyclic) bond motifs is 1. The molecular formula is C43H40N4O. The molecule has 1 N–H and O–H groups in total. The van der Waals surface area contributed by atoms with Crippen LogP contribution in [-0.4, -0.2) is 24.6 Å². The van der Waals surface area contributed by atoms with Crippen LogP contribution >= 0.6 is 0 Å². The summed E-state index contributed by atoms with van der Waals surface area (Å²) in [6.45, 7) is 13.0. The first-order valence-electron chi connectivity index (χ1n) is 16.4. The highest BCUT2D eigenvalue weighted by molar-refractivity contribution is 5.94. The fraction of sp³-hybridized carbons (Fsp3) is 0.186. The van der Waals surface area contributed by atoms with Crippen LogP contribution in [0, 0.1) is 0 Å². The predicted molar refractivity (Wildman–Crippen MR) is 197 cm³/mol. The minimum absolute atomic E-state index is 0.132. The molecule has 7 rings (SSSR count). The number of hydrogen-bond donors (Lipinski definition) is 1. The molecule has 0 fully saturated rings. The van der Waals surface area contributed by atoms with E-state index in [4.69, 9.17) is 15.0 Å². The lowest BCUT2D eigenvalue weighted by atomic mass is 9.79. The molecule has 5 heteroatoms. The molecule has 238 valence electrons. The Labute approximate surface area is 282 Å². The van der Waals surface area contributed by atoms with Crippen molar-refractivity contribution in [3.63, 3.8) is 0 Å². The van der Waals surface area contributed by atoms with Crippen molar-refractivity contribution in [1.29, 1.82) is 0 Å². The van der Waals surface area contributed by atoms with Crippen LogP contribution in [0.15, 0.2) is 128 Å². The van der Waals surface area contributed by atoms with Crippen LogP contribution in [0.3, 0.4) is 0 Å². The van der Waals surface area contributed by atoms with Crippen molar-refractivity contribution < 1.29 is 5.11 Å². The average molecular weight is 629 g/mol. The second-order valence-electron chi connectivity index (χ2n) is 14.4. The summed E-state index contributed by atoms with van der Waals surface area (Å²) >= 11 is 0. The van der Waals surface area contributed by atoms with E-state index in [0.29, 0.717) is 11.4 Å². The number of rotatable bonds is 5. The SMILES string of the molecule is CC(C)(C)c1cc(-c2nc3c(-c4cccc(-c5ccc(-c6ccccc6)cn5)c4)nccc3n2-c2ccccc2)c(O)c(C(C)(C)C)c1. The van der Waals surface area contributed by atoms with Crippen molar-refractivity contribution in [2.45, 2.75) is 52.4 Å². The molecule has 3 heterocycles. The number of hydrogen-bond acceptors (Lipinski definition) is 4. The minimum atomic E-state index is -0.274. The number of phenols is 1. The molecule has 0 amide bonds. The summed E-state index contributed by atoms with van der Waals surface area (Å²) in [6.07, 6.45) is 3.77. The van der Waals surface area contributed by atoms with Gasteiger partial charge in [0.1, 0.15) is 17.1 Å². The first-order valence-corrected chi connectivity index (χ1v) is 16.4. The zero-order valence-electron chi connectivity index (χ0n) is 28.4. The smallest absolute Gasteiger partial charge is 0.149 e. The molecular weight excluding hydrogens is 589 g/mol. The molecule has 0 atom stereocenters. The van der Waals surface area contributed by atoms with E-state index < -0.39 is 0 Å². The van der Waals surface area contributed by atoms with Gasteiger partial charge in [0, 0.05) is 40.3 Å². The maximum absolute atomic E-state index is 11.9. The van der Waals surface area contributed by atoms with E-state index in [1.807, 2.05) is 60.9 Å². The van der Waals surface area contributed by atoms with E-state index in [1.165, 1.54) is 0 Å². The molecule has 0 radical (unpaired) electrons. The number of nitrogens with zero attached hydrogens (tertiary/aromatic N) is 4. The monoisotopic (exact) mass is 628 g/mol. The summed E-state index contributed by atoms with van der Waals surface area (Å²) in [4.78, 5) is 15.0. The molecule has 0 spiro atoms. The molecule has 0 saturated carbocycles. The standard InChI is InChI=1S/C43H40N4O/c1-42(2,3)32-25-34(40(48)35(26-32)43(4,5)6)41-46-39-37(47(41)33-18-11-8-12-19-33)22-23-44-38(39)30-17-13-16-29(24-30)36-21-20-31(27-45-36)28-14-9-7-10-15-28/h7-27,48H,1-6H3. The van der Waals surface area contributed by atoms with Crippen LogP contribution in [0.4, 0.5) is 0 Å². The highest BCUT2D eigenvalue weighted by atomic mass is 16.3. The summed E-state index contributed by atoms with van der Waals surface area (Å²) in [5, 5.41) is 11.9. The van der Waals surface area contributed by atoms with Gasteiger partial charge >= 0.3 is 0 Å². The third-order valence-corrected chi connectivity index (χ3v) is 8.92. The Bertz CT molecular complexity index is 2240. The molecule has 3 aromatic heterocycles. The number of benzene rings is 4. The van der Waals surface area contributed by atoms with Gasteiger partial charge in [-0.1, -0.05) is 120 Å². The number of aromatic hydroxyl groups is 1. The quantitative estimate of drug-likeness (QED) is 0.206. The van der Waals surface area contributed by atoms with E-state index in [2.05, 4.69) is 113 Å². The van der Waals surface area contributed by atoms with Crippen molar-refractivity contribution >= 4 is 11.0 Å². The predicted octanol–water partition coefficient (Wildman–Crippen LogP) is 10.8. The third-order valence-electron chi connectivity index (χ3n) is 8.92. The van der Waals surface area contributed by atoms with E-state index in [9.17, 15) is 5.11 Å². The maximum Gasteiger partial charge on any atom is 0.149 e. The summed E-state index contributed by atoms with van der Waals surface area (Å²) in [6, 6.07) is 39.2. The summed E-state index contributed by atoms with van der Waals surface area (Å²) in [7, 11) is 0. The van der Waals surface area contributed by atoms with Gasteiger partial charge in [-0.05, 0) is 58.4 Å². The van der Waals surface area contributed by atoms with Gasteiger partial charge in [0.2, 0.25) is 0 Å². The average Bonchev–Trinajstić information content (AvgIpc) is 3.48. The lowest BCUT2D eigenvalue weighted by Gasteiger charge is -2.27. The van der Waals surface area contributed by atoms with Gasteiger partial charge in [0.25, 0.3) is 0 Å². The van der Waals surface area contributed by atoms with Crippen LogP contribution in [0.25, 0.3) is 61.8 Å². The second kappa shape index (κ2) is 11.9. The lowest BCUT2D eigenvalue weighted by Crippen LogP contribution is -2.17. The van der Waals surface area contributed by atoms with Crippen molar-refractivity contribution in [3.05, 3.63) is 139 Å². The molecule has 4 aromatic carbocycles. The van der Waals surface area contributed by atoms with Gasteiger partial charge in [-0.15, -0.1) is 0 Å². The Morgan fingerprint density at radius 3 is 1.96 bits per heavy atom. The van der Waals surface area contributed by atoms with Gasteiger partial charge in [-0.3, -0.25) is 14.5 Å². The molecule has 0 aliphatic heterocycles. The first kappa shape index (κ1) is 31.1. The van der Waals surface area contributed by atoms with Crippen molar-refractivity contribution in [2.75, 3.05) is 0 Å². The third kappa shape index (κ3) is 5.77. The highest BCUT2D eigenvalue weighted by Crippen LogP contribution is 2.44. The summed E-state index contributed by atoms with van der Waals surface area (Å²) in [5.74, 6) is 0.929. The van der Waals surface area contributed by atoms with Gasteiger partial charge in [-0.25, -0.2) is 4.98 Å².